The molecular weight excluding hydrogens is 262 g/mol. The monoisotopic (exact) mass is 273 g/mol. The average Bonchev–Trinajstić information content (AvgIpc) is 2.40. The molecule has 2 N–H and O–H groups in total. The van der Waals surface area contributed by atoms with Gasteiger partial charge < -0.3 is 10.4 Å². The number of aryl methyl sites for hydroxylation is 1. The first-order chi connectivity index (χ1) is 9.10. The molecule has 1 aromatic carbocycles. The topological polar surface area (TPSA) is 68.9 Å². The molecule has 0 fully saturated rings. The standard InChI is InChI=1S/C14H12ClN3O/c1-9-2-5-14(19)13(18-9)8-17-12-4-3-10(7-16)6-11(12)15/h2-6,17,19H,8H2,1H3. The van der Waals surface area contributed by atoms with Crippen LogP contribution in [-0.4, -0.2) is 10.1 Å². The van der Waals surface area contributed by atoms with Gasteiger partial charge in [-0.05, 0) is 37.3 Å². The third-order valence-corrected chi connectivity index (χ3v) is 2.95. The quantitative estimate of drug-likeness (QED) is 0.901. The SMILES string of the molecule is Cc1ccc(O)c(CNc2ccc(C#N)cc2Cl)n1. The van der Waals surface area contributed by atoms with Gasteiger partial charge in [-0.1, -0.05) is 11.6 Å². The van der Waals surface area contributed by atoms with Crippen LogP contribution >= 0.6 is 11.6 Å². The number of rotatable bonds is 3. The molecule has 0 saturated heterocycles. The largest absolute Gasteiger partial charge is 0.506 e. The van der Waals surface area contributed by atoms with E-state index in [1.807, 2.05) is 13.0 Å². The zero-order valence-corrected chi connectivity index (χ0v) is 11.1. The van der Waals surface area contributed by atoms with E-state index in [-0.39, 0.29) is 5.75 Å². The number of benzene rings is 1. The van der Waals surface area contributed by atoms with Crippen molar-refractivity contribution in [1.29, 1.82) is 5.26 Å². The lowest BCUT2D eigenvalue weighted by atomic mass is 10.2. The van der Waals surface area contributed by atoms with Gasteiger partial charge in [0, 0.05) is 5.69 Å². The molecule has 96 valence electrons. The number of pyridine rings is 1. The number of nitriles is 1. The van der Waals surface area contributed by atoms with Crippen LogP contribution in [0.25, 0.3) is 0 Å². The zero-order chi connectivity index (χ0) is 13.8. The van der Waals surface area contributed by atoms with Crippen LogP contribution in [0.15, 0.2) is 30.3 Å². The van der Waals surface area contributed by atoms with E-state index in [9.17, 15) is 5.11 Å². The van der Waals surface area contributed by atoms with Gasteiger partial charge in [0.25, 0.3) is 0 Å². The van der Waals surface area contributed by atoms with Crippen molar-refractivity contribution in [1.82, 2.24) is 4.98 Å². The number of hydrogen-bond acceptors (Lipinski definition) is 4. The first-order valence-electron chi connectivity index (χ1n) is 5.69. The molecule has 0 amide bonds. The molecule has 0 aliphatic carbocycles. The molecule has 19 heavy (non-hydrogen) atoms. The molecule has 0 aliphatic rings. The summed E-state index contributed by atoms with van der Waals surface area (Å²) in [4.78, 5) is 4.24. The van der Waals surface area contributed by atoms with Crippen molar-refractivity contribution >= 4 is 17.3 Å². The Morgan fingerprint density at radius 3 is 2.84 bits per heavy atom. The molecule has 4 nitrogen and oxygen atoms in total. The van der Waals surface area contributed by atoms with Gasteiger partial charge in [0.1, 0.15) is 11.4 Å². The van der Waals surface area contributed by atoms with E-state index in [4.69, 9.17) is 16.9 Å². The van der Waals surface area contributed by atoms with Gasteiger partial charge in [0.05, 0.1) is 28.9 Å². The summed E-state index contributed by atoms with van der Waals surface area (Å²) in [6, 6.07) is 10.4. The fraction of sp³-hybridized carbons (Fsp3) is 0.143. The minimum absolute atomic E-state index is 0.142. The number of anilines is 1. The maximum atomic E-state index is 9.69. The normalized spacial score (nSPS) is 9.95. The molecule has 0 radical (unpaired) electrons. The van der Waals surface area contributed by atoms with Gasteiger partial charge in [-0.2, -0.15) is 5.26 Å². The van der Waals surface area contributed by atoms with E-state index >= 15 is 0 Å². The van der Waals surface area contributed by atoms with Gasteiger partial charge in [0.15, 0.2) is 0 Å². The van der Waals surface area contributed by atoms with Crippen molar-refractivity contribution in [2.75, 3.05) is 5.32 Å². The lowest BCUT2D eigenvalue weighted by molar-refractivity contribution is 0.464. The second-order valence-electron chi connectivity index (χ2n) is 4.08. The van der Waals surface area contributed by atoms with Gasteiger partial charge >= 0.3 is 0 Å². The van der Waals surface area contributed by atoms with Crippen LogP contribution in [-0.2, 0) is 6.54 Å². The van der Waals surface area contributed by atoms with E-state index in [2.05, 4.69) is 10.3 Å². The molecule has 0 atom stereocenters. The Kier molecular flexibility index (Phi) is 3.88. The van der Waals surface area contributed by atoms with Crippen LogP contribution in [0.3, 0.4) is 0 Å². The van der Waals surface area contributed by atoms with E-state index in [0.717, 1.165) is 5.69 Å². The van der Waals surface area contributed by atoms with Crippen LogP contribution in [0.2, 0.25) is 5.02 Å². The Hall–Kier alpha value is -2.25. The fourth-order valence-electron chi connectivity index (χ4n) is 1.64. The summed E-state index contributed by atoms with van der Waals surface area (Å²) in [7, 11) is 0. The van der Waals surface area contributed by atoms with Crippen LogP contribution < -0.4 is 5.32 Å². The highest BCUT2D eigenvalue weighted by Crippen LogP contribution is 2.24. The summed E-state index contributed by atoms with van der Waals surface area (Å²) in [5.74, 6) is 0.142. The summed E-state index contributed by atoms with van der Waals surface area (Å²) >= 11 is 6.05. The Balaban J connectivity index is 2.15. The van der Waals surface area contributed by atoms with Gasteiger partial charge in [-0.15, -0.1) is 0 Å². The van der Waals surface area contributed by atoms with E-state index in [0.29, 0.717) is 28.5 Å². The molecule has 0 aliphatic heterocycles. The van der Waals surface area contributed by atoms with Crippen molar-refractivity contribution in [2.24, 2.45) is 0 Å². The van der Waals surface area contributed by atoms with Crippen molar-refractivity contribution < 1.29 is 5.11 Å². The molecule has 2 aromatic rings. The summed E-state index contributed by atoms with van der Waals surface area (Å²) in [5.41, 5.74) is 2.59. The molecule has 1 heterocycles. The van der Waals surface area contributed by atoms with E-state index in [1.165, 1.54) is 0 Å². The highest BCUT2D eigenvalue weighted by atomic mass is 35.5. The molecular formula is C14H12ClN3O. The number of hydrogen-bond donors (Lipinski definition) is 2. The van der Waals surface area contributed by atoms with Crippen LogP contribution in [0.4, 0.5) is 5.69 Å². The lowest BCUT2D eigenvalue weighted by Gasteiger charge is -2.09. The summed E-state index contributed by atoms with van der Waals surface area (Å²) in [5, 5.41) is 22.0. The first kappa shape index (κ1) is 13.2. The molecule has 0 saturated carbocycles. The minimum Gasteiger partial charge on any atom is -0.506 e. The van der Waals surface area contributed by atoms with Crippen LogP contribution in [0, 0.1) is 18.3 Å². The molecule has 2 rings (SSSR count). The Labute approximate surface area is 116 Å². The average molecular weight is 274 g/mol. The summed E-state index contributed by atoms with van der Waals surface area (Å²) < 4.78 is 0. The molecule has 0 bridgehead atoms. The number of halogens is 1. The van der Waals surface area contributed by atoms with E-state index < -0.39 is 0 Å². The maximum absolute atomic E-state index is 9.69. The first-order valence-corrected chi connectivity index (χ1v) is 6.07. The predicted octanol–water partition coefficient (Wildman–Crippen LogP) is 3.23. The maximum Gasteiger partial charge on any atom is 0.138 e. The van der Waals surface area contributed by atoms with Crippen molar-refractivity contribution in [2.45, 2.75) is 13.5 Å². The number of nitrogens with zero attached hydrogens (tertiary/aromatic N) is 2. The summed E-state index contributed by atoms with van der Waals surface area (Å²) in [6.07, 6.45) is 0. The Bertz CT molecular complexity index is 650. The van der Waals surface area contributed by atoms with Crippen molar-refractivity contribution in [3.05, 3.63) is 52.3 Å². The smallest absolute Gasteiger partial charge is 0.138 e. The van der Waals surface area contributed by atoms with Gasteiger partial charge in [-0.25, -0.2) is 0 Å². The molecule has 0 unspecified atom stereocenters. The number of aromatic nitrogens is 1. The molecule has 5 heteroatoms. The minimum atomic E-state index is 0.142. The fourth-order valence-corrected chi connectivity index (χ4v) is 1.89. The number of nitrogens with one attached hydrogen (secondary N) is 1. The second-order valence-corrected chi connectivity index (χ2v) is 4.49. The lowest BCUT2D eigenvalue weighted by Crippen LogP contribution is -2.03. The highest BCUT2D eigenvalue weighted by Gasteiger charge is 2.05. The summed E-state index contributed by atoms with van der Waals surface area (Å²) in [6.45, 7) is 2.22. The van der Waals surface area contributed by atoms with Crippen molar-refractivity contribution in [3.63, 3.8) is 0 Å². The van der Waals surface area contributed by atoms with Gasteiger partial charge in [0.2, 0.25) is 0 Å². The zero-order valence-electron chi connectivity index (χ0n) is 10.3. The molecule has 0 spiro atoms. The Morgan fingerprint density at radius 2 is 2.16 bits per heavy atom. The third-order valence-electron chi connectivity index (χ3n) is 2.63. The number of aromatic hydroxyl groups is 1. The second kappa shape index (κ2) is 5.59. The van der Waals surface area contributed by atoms with Gasteiger partial charge in [-0.3, -0.25) is 4.98 Å². The van der Waals surface area contributed by atoms with Crippen LogP contribution in [0.1, 0.15) is 17.0 Å². The van der Waals surface area contributed by atoms with E-state index in [1.54, 1.807) is 30.3 Å². The third kappa shape index (κ3) is 3.15. The predicted molar refractivity (Wildman–Crippen MR) is 74.1 cm³/mol. The molecule has 1 aromatic heterocycles. The van der Waals surface area contributed by atoms with Crippen LogP contribution in [0.5, 0.6) is 5.75 Å². The van der Waals surface area contributed by atoms with Crippen molar-refractivity contribution in [3.8, 4) is 11.8 Å². The Morgan fingerprint density at radius 1 is 1.37 bits per heavy atom. The highest BCUT2D eigenvalue weighted by molar-refractivity contribution is 6.33.